The Kier molecular flexibility index (Phi) is 4.47. The second-order valence-corrected chi connectivity index (χ2v) is 5.27. The molecule has 0 amide bonds. The molecule has 0 aliphatic carbocycles. The average molecular weight is 303 g/mol. The summed E-state index contributed by atoms with van der Waals surface area (Å²) in [6.45, 7) is 4.01. The fourth-order valence-corrected chi connectivity index (χ4v) is 2.13. The van der Waals surface area contributed by atoms with Crippen molar-refractivity contribution < 1.29 is 10.0 Å². The first-order chi connectivity index (χ1) is 7.82. The number of hydrogen-bond donors (Lipinski definition) is 2. The van der Waals surface area contributed by atoms with Gasteiger partial charge in [0.2, 0.25) is 0 Å². The highest BCUT2D eigenvalue weighted by Crippen LogP contribution is 2.37. The van der Waals surface area contributed by atoms with Gasteiger partial charge in [-0.05, 0) is 18.4 Å². The quantitative estimate of drug-likeness (QED) is 0.660. The van der Waals surface area contributed by atoms with E-state index in [-0.39, 0.29) is 11.4 Å². The number of phenols is 1. The molecular formula is C11H15BrN2O3. The van der Waals surface area contributed by atoms with Gasteiger partial charge in [0, 0.05) is 22.1 Å². The van der Waals surface area contributed by atoms with Crippen LogP contribution in [0.2, 0.25) is 0 Å². The number of halogens is 1. The molecule has 3 N–H and O–H groups in total. The molecule has 0 radical (unpaired) electrons. The van der Waals surface area contributed by atoms with Crippen LogP contribution in [0.4, 0.5) is 5.69 Å². The van der Waals surface area contributed by atoms with Gasteiger partial charge in [-0.25, -0.2) is 0 Å². The van der Waals surface area contributed by atoms with E-state index in [9.17, 15) is 15.2 Å². The van der Waals surface area contributed by atoms with Crippen LogP contribution in [0.3, 0.4) is 0 Å². The van der Waals surface area contributed by atoms with E-state index < -0.39 is 11.0 Å². The summed E-state index contributed by atoms with van der Waals surface area (Å²) in [6, 6.07) is 2.47. The minimum absolute atomic E-state index is 0.325. The van der Waals surface area contributed by atoms with Gasteiger partial charge in [-0.1, -0.05) is 29.8 Å². The van der Waals surface area contributed by atoms with E-state index >= 15 is 0 Å². The zero-order valence-electron chi connectivity index (χ0n) is 9.68. The van der Waals surface area contributed by atoms with Crippen LogP contribution in [0.15, 0.2) is 16.6 Å². The Hall–Kier alpha value is -1.14. The molecule has 1 aromatic carbocycles. The number of aromatic hydroxyl groups is 1. The highest BCUT2D eigenvalue weighted by atomic mass is 79.9. The third kappa shape index (κ3) is 3.41. The predicted octanol–water partition coefficient (Wildman–Crippen LogP) is 3.11. The number of nitro benzene ring substituents is 1. The molecule has 1 rings (SSSR count). The van der Waals surface area contributed by atoms with Crippen molar-refractivity contribution in [1.29, 1.82) is 0 Å². The van der Waals surface area contributed by atoms with Crippen LogP contribution in [0.1, 0.15) is 31.9 Å². The number of nitro groups is 1. The van der Waals surface area contributed by atoms with Gasteiger partial charge >= 0.3 is 5.69 Å². The monoisotopic (exact) mass is 302 g/mol. The molecule has 94 valence electrons. The summed E-state index contributed by atoms with van der Waals surface area (Å²) < 4.78 is 0.538. The Bertz CT molecular complexity index is 435. The van der Waals surface area contributed by atoms with Gasteiger partial charge in [-0.3, -0.25) is 10.1 Å². The van der Waals surface area contributed by atoms with E-state index in [2.05, 4.69) is 15.9 Å². The van der Waals surface area contributed by atoms with Crippen LogP contribution in [0.5, 0.6) is 5.75 Å². The van der Waals surface area contributed by atoms with E-state index in [4.69, 9.17) is 5.73 Å². The largest absolute Gasteiger partial charge is 0.502 e. The van der Waals surface area contributed by atoms with Gasteiger partial charge < -0.3 is 10.8 Å². The molecule has 0 bridgehead atoms. The lowest BCUT2D eigenvalue weighted by molar-refractivity contribution is -0.386. The summed E-state index contributed by atoms with van der Waals surface area (Å²) in [5.74, 6) is 0.00814. The average Bonchev–Trinajstić information content (AvgIpc) is 2.19. The van der Waals surface area contributed by atoms with E-state index in [1.807, 2.05) is 13.8 Å². The lowest BCUT2D eigenvalue weighted by atomic mass is 9.97. The predicted molar refractivity (Wildman–Crippen MR) is 68.8 cm³/mol. The Labute approximate surface area is 108 Å². The van der Waals surface area contributed by atoms with Crippen molar-refractivity contribution >= 4 is 21.6 Å². The van der Waals surface area contributed by atoms with Crippen molar-refractivity contribution in [2.75, 3.05) is 0 Å². The number of benzene rings is 1. The van der Waals surface area contributed by atoms with Crippen molar-refractivity contribution in [3.8, 4) is 5.75 Å². The summed E-state index contributed by atoms with van der Waals surface area (Å²) in [4.78, 5) is 10.1. The molecular weight excluding hydrogens is 288 g/mol. The highest BCUT2D eigenvalue weighted by molar-refractivity contribution is 9.10. The van der Waals surface area contributed by atoms with Gasteiger partial charge in [-0.15, -0.1) is 0 Å². The molecule has 0 fully saturated rings. The van der Waals surface area contributed by atoms with Crippen molar-refractivity contribution in [3.63, 3.8) is 0 Å². The first-order valence-electron chi connectivity index (χ1n) is 5.25. The maximum absolute atomic E-state index is 10.8. The molecule has 0 aliphatic heterocycles. The third-order valence-corrected chi connectivity index (χ3v) is 2.86. The molecule has 0 aliphatic rings. The summed E-state index contributed by atoms with van der Waals surface area (Å²) in [7, 11) is 0. The third-order valence-electron chi connectivity index (χ3n) is 2.41. The van der Waals surface area contributed by atoms with Crippen molar-refractivity contribution in [2.24, 2.45) is 11.7 Å². The van der Waals surface area contributed by atoms with E-state index in [0.29, 0.717) is 22.4 Å². The number of phenolic OH excluding ortho intramolecular Hbond substituents is 1. The van der Waals surface area contributed by atoms with Crippen LogP contribution in [0.25, 0.3) is 0 Å². The van der Waals surface area contributed by atoms with Gasteiger partial charge in [0.05, 0.1) is 4.92 Å². The molecule has 17 heavy (non-hydrogen) atoms. The minimum Gasteiger partial charge on any atom is -0.502 e. The van der Waals surface area contributed by atoms with Crippen LogP contribution >= 0.6 is 15.9 Å². The first kappa shape index (κ1) is 13.9. The standard InChI is InChI=1S/C11H15BrN2O3/c1-6(2)3-9(13)8-4-7(12)5-10(11(8)15)14(16)17/h4-6,9,15H,3,13H2,1-2H3/t9-/m0/s1. The molecule has 0 saturated carbocycles. The second kappa shape index (κ2) is 5.46. The zero-order chi connectivity index (χ0) is 13.2. The lowest BCUT2D eigenvalue weighted by Gasteiger charge is -2.16. The molecule has 1 atom stereocenters. The maximum Gasteiger partial charge on any atom is 0.312 e. The van der Waals surface area contributed by atoms with E-state index in [1.165, 1.54) is 6.07 Å². The normalized spacial score (nSPS) is 12.8. The van der Waals surface area contributed by atoms with Gasteiger partial charge in [0.15, 0.2) is 5.75 Å². The lowest BCUT2D eigenvalue weighted by Crippen LogP contribution is -2.13. The fraction of sp³-hybridized carbons (Fsp3) is 0.455. The molecule has 0 unspecified atom stereocenters. The SMILES string of the molecule is CC(C)C[C@H](N)c1cc(Br)cc([N+](=O)[O-])c1O. The second-order valence-electron chi connectivity index (χ2n) is 4.36. The summed E-state index contributed by atoms with van der Waals surface area (Å²) in [6.07, 6.45) is 0.654. The summed E-state index contributed by atoms with van der Waals surface area (Å²) in [5.41, 5.74) is 6.01. The van der Waals surface area contributed by atoms with Gasteiger partial charge in [0.25, 0.3) is 0 Å². The maximum atomic E-state index is 10.8. The van der Waals surface area contributed by atoms with Crippen LogP contribution < -0.4 is 5.73 Å². The topological polar surface area (TPSA) is 89.4 Å². The van der Waals surface area contributed by atoms with E-state index in [0.717, 1.165) is 0 Å². The molecule has 1 aromatic rings. The Balaban J connectivity index is 3.19. The Morgan fingerprint density at radius 2 is 2.12 bits per heavy atom. The molecule has 6 heteroatoms. The molecule has 0 saturated heterocycles. The van der Waals surface area contributed by atoms with Crippen LogP contribution in [-0.2, 0) is 0 Å². The number of rotatable bonds is 4. The molecule has 5 nitrogen and oxygen atoms in total. The molecule has 0 spiro atoms. The van der Waals surface area contributed by atoms with E-state index in [1.54, 1.807) is 6.07 Å². The summed E-state index contributed by atoms with van der Waals surface area (Å²) in [5, 5.41) is 20.6. The number of hydrogen-bond acceptors (Lipinski definition) is 4. The van der Waals surface area contributed by atoms with Crippen molar-refractivity contribution in [1.82, 2.24) is 0 Å². The first-order valence-corrected chi connectivity index (χ1v) is 6.04. The van der Waals surface area contributed by atoms with Crippen LogP contribution in [-0.4, -0.2) is 10.0 Å². The fourth-order valence-electron chi connectivity index (χ4n) is 1.66. The molecule has 0 aromatic heterocycles. The summed E-state index contributed by atoms with van der Waals surface area (Å²) >= 11 is 3.18. The Morgan fingerprint density at radius 1 is 1.53 bits per heavy atom. The van der Waals surface area contributed by atoms with Crippen LogP contribution in [0, 0.1) is 16.0 Å². The molecule has 0 heterocycles. The smallest absolute Gasteiger partial charge is 0.312 e. The van der Waals surface area contributed by atoms with Gasteiger partial charge in [-0.2, -0.15) is 0 Å². The number of nitrogens with zero attached hydrogens (tertiary/aromatic N) is 1. The zero-order valence-corrected chi connectivity index (χ0v) is 11.3. The number of nitrogens with two attached hydrogens (primary N) is 1. The minimum atomic E-state index is -0.619. The van der Waals surface area contributed by atoms with Gasteiger partial charge in [0.1, 0.15) is 0 Å². The van der Waals surface area contributed by atoms with Crippen molar-refractivity contribution in [2.45, 2.75) is 26.3 Å². The van der Waals surface area contributed by atoms with Crippen molar-refractivity contribution in [3.05, 3.63) is 32.3 Å². The highest BCUT2D eigenvalue weighted by Gasteiger charge is 2.22. The Morgan fingerprint density at radius 3 is 2.59 bits per heavy atom.